The van der Waals surface area contributed by atoms with Crippen molar-refractivity contribution in [3.8, 4) is 5.75 Å². The molecule has 2 saturated carbocycles. The van der Waals surface area contributed by atoms with Crippen LogP contribution >= 0.6 is 7.82 Å². The van der Waals surface area contributed by atoms with Gasteiger partial charge in [-0.3, -0.25) is 57.2 Å². The van der Waals surface area contributed by atoms with E-state index in [4.69, 9.17) is 80.7 Å². The van der Waals surface area contributed by atoms with Gasteiger partial charge in [0, 0.05) is 74.9 Å². The molecule has 5 amide bonds. The number of fused-ring (bicyclic) bond motifs is 5. The summed E-state index contributed by atoms with van der Waals surface area (Å²) >= 11 is 0. The first-order valence-corrected chi connectivity index (χ1v) is 48.2. The number of phosphoric ester groups is 1. The largest absolute Gasteiger partial charge is 0.492 e. The van der Waals surface area contributed by atoms with E-state index in [2.05, 4.69) is 31.0 Å². The second-order valence-corrected chi connectivity index (χ2v) is 36.8. The molecule has 31 atom stereocenters. The predicted molar refractivity (Wildman–Crippen MR) is 475 cm³/mol. The van der Waals surface area contributed by atoms with Crippen LogP contribution in [0.5, 0.6) is 5.75 Å². The molecule has 3 aromatic carbocycles. The van der Waals surface area contributed by atoms with Crippen LogP contribution in [-0.2, 0) is 120 Å². The Labute approximate surface area is 810 Å². The fourth-order valence-electron chi connectivity index (χ4n) is 18.2. The Balaban J connectivity index is 0.708. The van der Waals surface area contributed by atoms with Crippen molar-refractivity contribution < 1.29 is 204 Å². The SMILES string of the molecule is COC(=O)C1C[C@H](OCC2O[C@H](OCCNC(=O)c3cc(OCCNC(=O)CCCCCN4N=NC5c6ccccc6CN(C(=O)CCC(=O)NCCCCCCOP(=O)(O)OC)c6ccccc6C54)cc(C(=O)NCCO[C@H]4OC(CO[C@H]5CC(C(=O)OC)[C@@H](C(=O)OC)CC5O[C@@H]5OC(CO)[C@@H](O)[C@H](O)C5O)[C@@H](O)[C@H](O)C4O)c3)C(O)[C@@H](O)[C@@H]2O)C(O[C@@H]2OC(CO)[C@@H](O)[C@H](O)C2O)C[C@@H]1C(=O)OC. The Morgan fingerprint density at radius 2 is 0.872 bits per heavy atom. The molecule has 19 N–H and O–H groups in total. The quantitative estimate of drug-likeness (QED) is 0.0111. The molecule has 6 heterocycles. The number of carbonyl (C=O) groups is 9. The fourth-order valence-corrected chi connectivity index (χ4v) is 18.6. The number of benzene rings is 3. The molecule has 51 heteroatoms. The zero-order valence-corrected chi connectivity index (χ0v) is 79.3. The molecule has 788 valence electrons. The number of esters is 4. The van der Waals surface area contributed by atoms with Crippen LogP contribution in [0, 0.1) is 23.7 Å². The molecule has 6 aliphatic heterocycles. The molecule has 15 unspecified atom stereocenters. The van der Waals surface area contributed by atoms with Crippen molar-refractivity contribution in [2.45, 2.75) is 256 Å². The minimum atomic E-state index is -4.05. The summed E-state index contributed by atoms with van der Waals surface area (Å²) in [5.41, 5.74) is 2.81. The lowest BCUT2D eigenvalue weighted by molar-refractivity contribution is -0.326. The summed E-state index contributed by atoms with van der Waals surface area (Å²) in [7, 11) is 1.33. The van der Waals surface area contributed by atoms with E-state index in [0.717, 1.165) is 58.7 Å². The van der Waals surface area contributed by atoms with Gasteiger partial charge in [0.05, 0.1) is 136 Å². The first-order chi connectivity index (χ1) is 67.6. The van der Waals surface area contributed by atoms with Crippen molar-refractivity contribution in [2.24, 2.45) is 34.0 Å². The molecule has 11 rings (SSSR count). The number of para-hydroxylation sites is 1. The van der Waals surface area contributed by atoms with Crippen LogP contribution in [0.3, 0.4) is 0 Å². The number of anilines is 1. The Morgan fingerprint density at radius 1 is 0.440 bits per heavy atom. The highest BCUT2D eigenvalue weighted by molar-refractivity contribution is 7.47. The van der Waals surface area contributed by atoms with E-state index in [1.807, 2.05) is 53.5 Å². The third-order valence-corrected chi connectivity index (χ3v) is 27.0. The van der Waals surface area contributed by atoms with Gasteiger partial charge < -0.3 is 174 Å². The van der Waals surface area contributed by atoms with Crippen LogP contribution in [0.15, 0.2) is 77.1 Å². The van der Waals surface area contributed by atoms with Crippen molar-refractivity contribution in [1.82, 2.24) is 26.3 Å². The van der Waals surface area contributed by atoms with Gasteiger partial charge in [-0.1, -0.05) is 67.0 Å². The monoisotopic (exact) mass is 2030 g/mol. The Morgan fingerprint density at radius 3 is 1.37 bits per heavy atom. The number of rotatable bonds is 48. The molecule has 0 radical (unpaired) electrons. The lowest BCUT2D eigenvalue weighted by Gasteiger charge is -2.45. The average molecular weight is 2030 g/mol. The summed E-state index contributed by atoms with van der Waals surface area (Å²) in [5, 5.41) is 173. The van der Waals surface area contributed by atoms with Crippen molar-refractivity contribution in [2.75, 3.05) is 126 Å². The molecule has 3 aromatic rings. The third-order valence-electron chi connectivity index (χ3n) is 26.0. The maximum absolute atomic E-state index is 14.3. The van der Waals surface area contributed by atoms with E-state index < -0.39 is 266 Å². The molecule has 0 bridgehead atoms. The molecule has 0 aromatic heterocycles. The number of carbonyl (C=O) groups excluding carboxylic acids is 9. The van der Waals surface area contributed by atoms with E-state index >= 15 is 0 Å². The predicted octanol–water partition coefficient (Wildman–Crippen LogP) is -4.03. The summed E-state index contributed by atoms with van der Waals surface area (Å²) in [6.45, 7) is -3.87. The molecule has 141 heavy (non-hydrogen) atoms. The van der Waals surface area contributed by atoms with Gasteiger partial charge in [-0.15, -0.1) is 0 Å². The van der Waals surface area contributed by atoms with E-state index in [9.17, 15) is 124 Å². The maximum atomic E-state index is 14.3. The zero-order chi connectivity index (χ0) is 102. The van der Waals surface area contributed by atoms with Gasteiger partial charge in [0.25, 0.3) is 11.8 Å². The summed E-state index contributed by atoms with van der Waals surface area (Å²) in [6.07, 6.45) is -38.1. The number of amides is 5. The standard InChI is InChI=1S/C90H131N8O42P/c1-124-83(118)51-36-56(58(38-53(51)85(120)126-3)135-89-79(114)73(108)69(104)60(41-99)137-89)132-43-62-71(106)75(110)77(112)87(139-62)130-31-26-93-81(116)46-33-47(82(117)94-27-32-131-88-78(113)76(111)72(107)63(140-88)44-133-57-37-52(84(119)125-2)54(86(121)127-4)39-59(57)136-90-80(115)74(109)70(105)61(42-100)138-90)35-48(34-46)129-30-25-92-64(101)21-9-8-15-28-98-68-50-19-12-13-20-55(50)97(40-45-17-10-11-18-49(45)67(68)95-96-98)66(103)23-22-65(102)91-24-14-6-7-16-29-134-141(122,123)128-5/h10-13,17-20,33-35,51-54,56-63,67-80,87-90,99-100,104-115H,6-9,14-16,21-32,36-44H2,1-5H3,(H,91,102)(H,92,101)(H,93,116)(H,94,117)(H,122,123)/t51?,52?,53-,54-,56-,57-,58?,59?,60?,61?,62?,63?,67?,68?,69+,70+,71+,72+,73-,74-,75-,76-,77?,78?,79?,80?,87-,88-,89+,90+/m0/s1. The van der Waals surface area contributed by atoms with Crippen molar-refractivity contribution >= 4 is 66.9 Å². The number of hydrogen-bond donors (Lipinski definition) is 19. The second kappa shape index (κ2) is 53.9. The van der Waals surface area contributed by atoms with E-state index in [0.29, 0.717) is 57.3 Å². The maximum Gasteiger partial charge on any atom is 0.471 e. The normalized spacial score (nSPS) is 32.3. The van der Waals surface area contributed by atoms with E-state index in [1.54, 1.807) is 4.90 Å². The topological polar surface area (TPSA) is 710 Å². The number of hydrogen-bond acceptors (Lipinski definition) is 44. The number of methoxy groups -OCH3 is 4. The molecular weight excluding hydrogens is 1900 g/mol. The molecule has 8 aliphatic rings. The summed E-state index contributed by atoms with van der Waals surface area (Å²) in [4.78, 5) is 133. The molecule has 4 saturated heterocycles. The highest BCUT2D eigenvalue weighted by Gasteiger charge is 2.55. The van der Waals surface area contributed by atoms with Gasteiger partial charge >= 0.3 is 31.7 Å². The van der Waals surface area contributed by atoms with Crippen LogP contribution in [0.4, 0.5) is 5.69 Å². The first-order valence-electron chi connectivity index (χ1n) is 46.7. The highest BCUT2D eigenvalue weighted by atomic mass is 31.2. The van der Waals surface area contributed by atoms with Crippen LogP contribution in [-0.4, -0.2) is 403 Å². The van der Waals surface area contributed by atoms with Crippen LogP contribution in [0.1, 0.15) is 139 Å². The lowest BCUT2D eigenvalue weighted by Crippen LogP contribution is -2.61. The van der Waals surface area contributed by atoms with Crippen molar-refractivity contribution in [1.29, 1.82) is 0 Å². The lowest BCUT2D eigenvalue weighted by atomic mass is 9.76. The highest BCUT2D eigenvalue weighted by Crippen LogP contribution is 2.50. The van der Waals surface area contributed by atoms with Gasteiger partial charge in [0.2, 0.25) is 17.7 Å². The second-order valence-electron chi connectivity index (χ2n) is 35.2. The van der Waals surface area contributed by atoms with Gasteiger partial charge in [0.15, 0.2) is 25.2 Å². The number of nitrogens with zero attached hydrogens (tertiary/aromatic N) is 4. The Kier molecular flexibility index (Phi) is 43.0. The molecule has 6 fully saturated rings. The summed E-state index contributed by atoms with van der Waals surface area (Å²) in [5.74, 6) is -11.0. The summed E-state index contributed by atoms with van der Waals surface area (Å²) < 4.78 is 106. The smallest absolute Gasteiger partial charge is 0.471 e. The Bertz CT molecular complexity index is 4500. The fraction of sp³-hybridized carbons (Fsp3) is 0.700. The molecule has 2 aliphatic carbocycles. The van der Waals surface area contributed by atoms with Gasteiger partial charge in [-0.05, 0) is 86.8 Å². The molecule has 0 spiro atoms. The van der Waals surface area contributed by atoms with Gasteiger partial charge in [-0.25, -0.2) is 4.57 Å². The number of ether oxygens (including phenoxy) is 15. The zero-order valence-electron chi connectivity index (χ0n) is 78.4. The van der Waals surface area contributed by atoms with Crippen LogP contribution in [0.2, 0.25) is 0 Å². The number of nitrogens with one attached hydrogen (secondary N) is 4. The van der Waals surface area contributed by atoms with E-state index in [1.165, 1.54) is 18.2 Å². The Hall–Kier alpha value is -8.76. The first kappa shape index (κ1) is 113. The minimum absolute atomic E-state index is 0.0474. The van der Waals surface area contributed by atoms with Gasteiger partial charge in [-0.2, -0.15) is 5.11 Å². The number of aliphatic hydroxyl groups is 14. The van der Waals surface area contributed by atoms with Crippen molar-refractivity contribution in [3.05, 3.63) is 94.5 Å². The van der Waals surface area contributed by atoms with Crippen LogP contribution in [0.25, 0.3) is 0 Å². The average Bonchev–Trinajstić information content (AvgIpc) is 1.63. The minimum Gasteiger partial charge on any atom is -0.492 e. The molecular formula is C90H131N8O42P. The summed E-state index contributed by atoms with van der Waals surface area (Å²) in [6, 6.07) is 18.1. The van der Waals surface area contributed by atoms with E-state index in [-0.39, 0.29) is 119 Å². The molecule has 50 nitrogen and oxygen atoms in total. The number of unbranched alkanes of at least 4 members (excludes halogenated alkanes) is 5. The van der Waals surface area contributed by atoms with Crippen molar-refractivity contribution in [3.63, 3.8) is 0 Å². The number of phosphoric acid groups is 1. The third kappa shape index (κ3) is 29.4. The van der Waals surface area contributed by atoms with Crippen LogP contribution < -0.4 is 30.9 Å². The van der Waals surface area contributed by atoms with Gasteiger partial charge in [0.1, 0.15) is 122 Å². The number of aliphatic hydroxyl groups excluding tert-OH is 14.